The van der Waals surface area contributed by atoms with Crippen molar-refractivity contribution < 1.29 is 23.8 Å². The molecule has 0 bridgehead atoms. The van der Waals surface area contributed by atoms with Crippen molar-refractivity contribution in [3.8, 4) is 0 Å². The quantitative estimate of drug-likeness (QED) is 0.599. The first kappa shape index (κ1) is 14.9. The van der Waals surface area contributed by atoms with E-state index in [9.17, 15) is 9.18 Å². The highest BCUT2D eigenvalue weighted by molar-refractivity contribution is 5.74. The van der Waals surface area contributed by atoms with Crippen LogP contribution in [0.4, 0.5) is 4.39 Å². The van der Waals surface area contributed by atoms with Gasteiger partial charge in [-0.3, -0.25) is 5.41 Å². The summed E-state index contributed by atoms with van der Waals surface area (Å²) < 4.78 is 21.9. The predicted molar refractivity (Wildman–Crippen MR) is 63.2 cm³/mol. The number of hydrogen-bond acceptors (Lipinski definition) is 4. The molecule has 1 heterocycles. The first-order chi connectivity index (χ1) is 8.38. The summed E-state index contributed by atoms with van der Waals surface area (Å²) >= 11 is 0. The van der Waals surface area contributed by atoms with E-state index < -0.39 is 25.0 Å². The fourth-order valence-corrected chi connectivity index (χ4v) is 2.35. The summed E-state index contributed by atoms with van der Waals surface area (Å²) in [4.78, 5) is 11.1. The number of nitrogens with one attached hydrogen (secondary N) is 1. The van der Waals surface area contributed by atoms with Gasteiger partial charge in [-0.2, -0.15) is 0 Å². The lowest BCUT2D eigenvalue weighted by atomic mass is 9.75. The van der Waals surface area contributed by atoms with Crippen LogP contribution in [-0.2, 0) is 14.3 Å². The number of carbonyl (C=O) groups is 1. The highest BCUT2D eigenvalue weighted by Crippen LogP contribution is 2.36. The van der Waals surface area contributed by atoms with Crippen LogP contribution < -0.4 is 0 Å². The predicted octanol–water partition coefficient (Wildman–Crippen LogP) is 2.06. The van der Waals surface area contributed by atoms with E-state index in [4.69, 9.17) is 15.3 Å². The normalized spacial score (nSPS) is 36.1. The van der Waals surface area contributed by atoms with Gasteiger partial charge in [0.1, 0.15) is 0 Å². The maximum absolute atomic E-state index is 11.9. The van der Waals surface area contributed by atoms with Crippen LogP contribution in [0.25, 0.3) is 0 Å². The zero-order valence-electron chi connectivity index (χ0n) is 10.9. The van der Waals surface area contributed by atoms with Gasteiger partial charge in [0.05, 0.1) is 6.10 Å². The number of carboxylic acids is 1. The topological polar surface area (TPSA) is 79.6 Å². The van der Waals surface area contributed by atoms with E-state index in [0.29, 0.717) is 0 Å². The lowest BCUT2D eigenvalue weighted by Crippen LogP contribution is -2.48. The van der Waals surface area contributed by atoms with Crippen LogP contribution >= 0.6 is 0 Å². The number of carboxylic acid groups (broad SMARTS) is 1. The van der Waals surface area contributed by atoms with Gasteiger partial charge in [0.2, 0.25) is 6.86 Å². The maximum Gasteiger partial charge on any atom is 0.333 e. The fraction of sp³-hybridized carbons (Fsp3) is 0.833. The van der Waals surface area contributed by atoms with Gasteiger partial charge in [-0.25, -0.2) is 9.18 Å². The molecule has 0 saturated carbocycles. The standard InChI is InChI=1S/C12H20FNO4/c1-6-7(2)9(4-10(14)17-5-13)18-11(8(6)3)12(15)16/h6-9,11,14H,4-5H2,1-3H3,(H,15,16)/t6-,7-,8-,9+,11+/m0/s1. The first-order valence-electron chi connectivity index (χ1n) is 6.03. The molecule has 0 aliphatic carbocycles. The summed E-state index contributed by atoms with van der Waals surface area (Å²) in [6.07, 6.45) is -1.19. The molecule has 1 fully saturated rings. The van der Waals surface area contributed by atoms with E-state index >= 15 is 0 Å². The number of rotatable bonds is 4. The van der Waals surface area contributed by atoms with Crippen LogP contribution in [0, 0.1) is 23.2 Å². The molecule has 0 unspecified atom stereocenters. The third-order valence-electron chi connectivity index (χ3n) is 3.90. The Bertz CT molecular complexity index is 323. The van der Waals surface area contributed by atoms with Crippen molar-refractivity contribution in [2.45, 2.75) is 39.4 Å². The molecule has 0 spiro atoms. The minimum atomic E-state index is -1.05. The molecule has 5 nitrogen and oxygen atoms in total. The number of hydrogen-bond donors (Lipinski definition) is 2. The zero-order valence-corrected chi connectivity index (χ0v) is 10.9. The first-order valence-corrected chi connectivity index (χ1v) is 6.03. The van der Waals surface area contributed by atoms with Crippen molar-refractivity contribution in [3.63, 3.8) is 0 Å². The summed E-state index contributed by atoms with van der Waals surface area (Å²) in [7, 11) is 0. The van der Waals surface area contributed by atoms with Gasteiger partial charge in [0.15, 0.2) is 12.0 Å². The molecular formula is C12H20FNO4. The van der Waals surface area contributed by atoms with Crippen LogP contribution in [0.15, 0.2) is 0 Å². The van der Waals surface area contributed by atoms with E-state index in [0.717, 1.165) is 0 Å². The van der Waals surface area contributed by atoms with Crippen LogP contribution in [0.2, 0.25) is 0 Å². The van der Waals surface area contributed by atoms with Gasteiger partial charge in [0, 0.05) is 6.42 Å². The summed E-state index contributed by atoms with van der Waals surface area (Å²) in [5.74, 6) is -1.04. The second-order valence-electron chi connectivity index (χ2n) is 4.89. The van der Waals surface area contributed by atoms with Crippen molar-refractivity contribution in [3.05, 3.63) is 0 Å². The van der Waals surface area contributed by atoms with Crippen LogP contribution in [0.3, 0.4) is 0 Å². The van der Waals surface area contributed by atoms with Crippen LogP contribution in [0.1, 0.15) is 27.2 Å². The molecule has 18 heavy (non-hydrogen) atoms. The molecule has 0 aromatic carbocycles. The highest BCUT2D eigenvalue weighted by Gasteiger charge is 2.42. The zero-order chi connectivity index (χ0) is 13.9. The Kier molecular flexibility index (Phi) is 5.07. The average molecular weight is 261 g/mol. The number of halogens is 1. The molecular weight excluding hydrogens is 241 g/mol. The Morgan fingerprint density at radius 1 is 1.33 bits per heavy atom. The van der Waals surface area contributed by atoms with Gasteiger partial charge in [-0.15, -0.1) is 0 Å². The lowest BCUT2D eigenvalue weighted by molar-refractivity contribution is -0.178. The number of aliphatic carboxylic acids is 1. The van der Waals surface area contributed by atoms with Gasteiger partial charge >= 0.3 is 5.97 Å². The van der Waals surface area contributed by atoms with E-state index in [1.54, 1.807) is 0 Å². The van der Waals surface area contributed by atoms with Gasteiger partial charge in [0.25, 0.3) is 0 Å². The summed E-state index contributed by atoms with van der Waals surface area (Å²) in [5, 5.41) is 16.5. The monoisotopic (exact) mass is 261 g/mol. The van der Waals surface area contributed by atoms with Gasteiger partial charge in [-0.05, 0) is 17.8 Å². The van der Waals surface area contributed by atoms with E-state index in [-0.39, 0.29) is 30.1 Å². The largest absolute Gasteiger partial charge is 0.479 e. The van der Waals surface area contributed by atoms with Crippen LogP contribution in [-0.4, -0.2) is 36.0 Å². The molecule has 1 rings (SSSR count). The molecule has 6 heteroatoms. The summed E-state index contributed by atoms with van der Waals surface area (Å²) in [6, 6.07) is 0. The van der Waals surface area contributed by atoms with E-state index in [1.807, 2.05) is 20.8 Å². The minimum Gasteiger partial charge on any atom is -0.479 e. The average Bonchev–Trinajstić information content (AvgIpc) is 2.30. The van der Waals surface area contributed by atoms with E-state index in [1.165, 1.54) is 0 Å². The Morgan fingerprint density at radius 2 is 1.94 bits per heavy atom. The van der Waals surface area contributed by atoms with Crippen molar-refractivity contribution in [2.24, 2.45) is 17.8 Å². The second-order valence-corrected chi connectivity index (χ2v) is 4.89. The SMILES string of the molecule is C[C@H]1[C@H](C)[C@@H](CC(=N)OCF)O[C@@H](C(=O)O)[C@H]1C. The molecule has 0 aromatic rings. The summed E-state index contributed by atoms with van der Waals surface area (Å²) in [6.45, 7) is 4.72. The Hall–Kier alpha value is -1.17. The molecule has 1 saturated heterocycles. The lowest BCUT2D eigenvalue weighted by Gasteiger charge is -2.42. The van der Waals surface area contributed by atoms with Gasteiger partial charge < -0.3 is 14.6 Å². The fourth-order valence-electron chi connectivity index (χ4n) is 2.35. The smallest absolute Gasteiger partial charge is 0.333 e. The highest BCUT2D eigenvalue weighted by atomic mass is 19.1. The maximum atomic E-state index is 11.9. The Balaban J connectivity index is 2.73. The molecule has 0 aromatic heterocycles. The number of alkyl halides is 1. The Labute approximate surface area is 106 Å². The van der Waals surface area contributed by atoms with Crippen LogP contribution in [0.5, 0.6) is 0 Å². The molecule has 1 aliphatic rings. The molecule has 2 N–H and O–H groups in total. The molecule has 1 aliphatic heterocycles. The van der Waals surface area contributed by atoms with Crippen molar-refractivity contribution in [1.82, 2.24) is 0 Å². The molecule has 0 amide bonds. The molecule has 0 radical (unpaired) electrons. The van der Waals surface area contributed by atoms with Gasteiger partial charge in [-0.1, -0.05) is 20.8 Å². The minimum absolute atomic E-state index is 0.0926. The third kappa shape index (κ3) is 3.19. The third-order valence-corrected chi connectivity index (χ3v) is 3.90. The van der Waals surface area contributed by atoms with Crippen molar-refractivity contribution in [1.29, 1.82) is 5.41 Å². The van der Waals surface area contributed by atoms with Crippen molar-refractivity contribution >= 4 is 11.9 Å². The van der Waals surface area contributed by atoms with Crippen molar-refractivity contribution in [2.75, 3.05) is 6.86 Å². The number of ether oxygens (including phenoxy) is 2. The molecule has 5 atom stereocenters. The molecule has 104 valence electrons. The van der Waals surface area contributed by atoms with E-state index in [2.05, 4.69) is 4.74 Å². The summed E-state index contributed by atoms with van der Waals surface area (Å²) in [5.41, 5.74) is 0. The Morgan fingerprint density at radius 3 is 2.44 bits per heavy atom. The second kappa shape index (κ2) is 6.13.